The largest absolute Gasteiger partial charge is 0.508 e. The van der Waals surface area contributed by atoms with E-state index in [2.05, 4.69) is 10.5 Å². The molecule has 0 radical (unpaired) electrons. The molecule has 0 atom stereocenters. The number of carbonyl (C=O) groups is 2. The zero-order valence-electron chi connectivity index (χ0n) is 15.9. The molecule has 30 heavy (non-hydrogen) atoms. The second-order valence-corrected chi connectivity index (χ2v) is 6.09. The van der Waals surface area contributed by atoms with Crippen LogP contribution in [0.1, 0.15) is 26.3 Å². The number of phenols is 2. The molecule has 0 unspecified atom stereocenters. The number of rotatable bonds is 6. The Morgan fingerprint density at radius 2 is 1.73 bits per heavy atom. The first-order valence-electron chi connectivity index (χ1n) is 8.78. The number of hydrazone groups is 1. The number of phenolic OH excluding ortho intramolecular Hbond substituents is 2. The van der Waals surface area contributed by atoms with E-state index in [1.165, 1.54) is 25.5 Å². The van der Waals surface area contributed by atoms with Crippen molar-refractivity contribution in [1.29, 1.82) is 0 Å². The fourth-order valence-corrected chi connectivity index (χ4v) is 2.49. The van der Waals surface area contributed by atoms with Crippen molar-refractivity contribution in [1.82, 2.24) is 5.43 Å². The van der Waals surface area contributed by atoms with Crippen LogP contribution < -0.4 is 14.9 Å². The zero-order chi connectivity index (χ0) is 21.5. The predicted octanol–water partition coefficient (Wildman–Crippen LogP) is 3.09. The molecule has 0 heterocycles. The molecule has 3 rings (SSSR count). The summed E-state index contributed by atoms with van der Waals surface area (Å²) < 4.78 is 10.4. The third kappa shape index (κ3) is 5.14. The maximum atomic E-state index is 12.2. The first-order chi connectivity index (χ1) is 14.5. The molecule has 0 aliphatic rings. The lowest BCUT2D eigenvalue weighted by Crippen LogP contribution is -2.17. The van der Waals surface area contributed by atoms with Crippen LogP contribution in [-0.4, -0.2) is 35.4 Å². The van der Waals surface area contributed by atoms with Crippen molar-refractivity contribution in [3.63, 3.8) is 0 Å². The lowest BCUT2D eigenvalue weighted by molar-refractivity contribution is 0.0734. The predicted molar refractivity (Wildman–Crippen MR) is 109 cm³/mol. The Morgan fingerprint density at radius 1 is 0.967 bits per heavy atom. The fourth-order valence-electron chi connectivity index (χ4n) is 2.49. The molecule has 0 saturated heterocycles. The van der Waals surface area contributed by atoms with Gasteiger partial charge in [-0.25, -0.2) is 10.2 Å². The number of esters is 1. The van der Waals surface area contributed by atoms with Crippen molar-refractivity contribution in [2.45, 2.75) is 0 Å². The van der Waals surface area contributed by atoms with E-state index in [9.17, 15) is 19.8 Å². The number of aromatic hydroxyl groups is 2. The normalized spacial score (nSPS) is 10.6. The van der Waals surface area contributed by atoms with Crippen LogP contribution in [0.25, 0.3) is 0 Å². The number of hydrogen-bond donors (Lipinski definition) is 3. The summed E-state index contributed by atoms with van der Waals surface area (Å²) in [7, 11) is 1.54. The van der Waals surface area contributed by atoms with Crippen molar-refractivity contribution in [2.75, 3.05) is 7.11 Å². The van der Waals surface area contributed by atoms with Crippen molar-refractivity contribution in [3.8, 4) is 23.0 Å². The van der Waals surface area contributed by atoms with Crippen LogP contribution in [0.5, 0.6) is 23.0 Å². The summed E-state index contributed by atoms with van der Waals surface area (Å²) in [5.41, 5.74) is 3.18. The van der Waals surface area contributed by atoms with Gasteiger partial charge in [0, 0.05) is 6.07 Å². The Bertz CT molecular complexity index is 1090. The highest BCUT2D eigenvalue weighted by atomic mass is 16.5. The number of ether oxygens (including phenoxy) is 2. The van der Waals surface area contributed by atoms with Crippen molar-refractivity contribution in [3.05, 3.63) is 83.4 Å². The standard InChI is InChI=1S/C22H18N2O6/c1-29-17-8-5-15(6-9-17)22(28)30-18-4-2-3-14(11-18)13-23-24-21(27)19-10-7-16(25)12-20(19)26/h2-13,25-26H,1H3,(H,24,27)/b23-13+. The summed E-state index contributed by atoms with van der Waals surface area (Å²) in [6, 6.07) is 16.7. The van der Waals surface area contributed by atoms with Gasteiger partial charge in [-0.3, -0.25) is 4.79 Å². The summed E-state index contributed by atoms with van der Waals surface area (Å²) in [5, 5.41) is 22.8. The second kappa shape index (κ2) is 9.24. The van der Waals surface area contributed by atoms with E-state index in [1.54, 1.807) is 48.5 Å². The average molecular weight is 406 g/mol. The summed E-state index contributed by atoms with van der Waals surface area (Å²) >= 11 is 0. The number of nitrogens with one attached hydrogen (secondary N) is 1. The Kier molecular flexibility index (Phi) is 6.29. The minimum atomic E-state index is -0.647. The molecule has 8 nitrogen and oxygen atoms in total. The molecule has 0 spiro atoms. The first-order valence-corrected chi connectivity index (χ1v) is 8.78. The van der Waals surface area contributed by atoms with Crippen molar-refractivity contribution >= 4 is 18.1 Å². The molecule has 1 amide bonds. The van der Waals surface area contributed by atoms with Crippen LogP contribution in [0.4, 0.5) is 0 Å². The van der Waals surface area contributed by atoms with Gasteiger partial charge in [-0.15, -0.1) is 0 Å². The number of nitrogens with zero attached hydrogens (tertiary/aromatic N) is 1. The van der Waals surface area contributed by atoms with E-state index < -0.39 is 11.9 Å². The molecule has 152 valence electrons. The van der Waals surface area contributed by atoms with Gasteiger partial charge in [0.25, 0.3) is 5.91 Å². The number of carbonyl (C=O) groups excluding carboxylic acids is 2. The lowest BCUT2D eigenvalue weighted by Gasteiger charge is -2.06. The maximum Gasteiger partial charge on any atom is 0.343 e. The van der Waals surface area contributed by atoms with E-state index in [1.807, 2.05) is 0 Å². The Morgan fingerprint density at radius 3 is 2.43 bits per heavy atom. The molecule has 0 aromatic heterocycles. The minimum Gasteiger partial charge on any atom is -0.508 e. The summed E-state index contributed by atoms with van der Waals surface area (Å²) in [4.78, 5) is 24.3. The number of hydrogen-bond acceptors (Lipinski definition) is 7. The van der Waals surface area contributed by atoms with E-state index in [4.69, 9.17) is 9.47 Å². The Balaban J connectivity index is 1.63. The highest BCUT2D eigenvalue weighted by molar-refractivity contribution is 5.97. The maximum absolute atomic E-state index is 12.2. The minimum absolute atomic E-state index is 0.0351. The second-order valence-electron chi connectivity index (χ2n) is 6.09. The lowest BCUT2D eigenvalue weighted by atomic mass is 10.2. The number of methoxy groups -OCH3 is 1. The number of benzene rings is 3. The van der Waals surface area contributed by atoms with E-state index in [-0.39, 0.29) is 17.1 Å². The van der Waals surface area contributed by atoms with E-state index >= 15 is 0 Å². The third-order valence-corrected chi connectivity index (χ3v) is 4.00. The monoisotopic (exact) mass is 406 g/mol. The van der Waals surface area contributed by atoms with E-state index in [0.717, 1.165) is 6.07 Å². The average Bonchev–Trinajstić information content (AvgIpc) is 2.74. The van der Waals surface area contributed by atoms with Crippen LogP contribution in [0.15, 0.2) is 71.8 Å². The highest BCUT2D eigenvalue weighted by Crippen LogP contribution is 2.22. The molecule has 3 aromatic carbocycles. The molecule has 0 aliphatic carbocycles. The quantitative estimate of drug-likeness (QED) is 0.251. The molecule has 3 N–H and O–H groups in total. The molecule has 3 aromatic rings. The van der Waals surface area contributed by atoms with Gasteiger partial charge in [0.05, 0.1) is 24.5 Å². The van der Waals surface area contributed by atoms with Crippen LogP contribution >= 0.6 is 0 Å². The third-order valence-electron chi connectivity index (χ3n) is 4.00. The molecule has 8 heteroatoms. The van der Waals surface area contributed by atoms with Crippen LogP contribution in [0.2, 0.25) is 0 Å². The smallest absolute Gasteiger partial charge is 0.343 e. The van der Waals surface area contributed by atoms with Crippen LogP contribution in [0, 0.1) is 0 Å². The SMILES string of the molecule is COc1ccc(C(=O)Oc2cccc(/C=N/NC(=O)c3ccc(O)cc3O)c2)cc1. The molecule has 0 bridgehead atoms. The van der Waals surface area contributed by atoms with Gasteiger partial charge in [-0.05, 0) is 54.1 Å². The zero-order valence-corrected chi connectivity index (χ0v) is 15.9. The van der Waals surface area contributed by atoms with Gasteiger partial charge in [0.2, 0.25) is 0 Å². The topological polar surface area (TPSA) is 117 Å². The van der Waals surface area contributed by atoms with Gasteiger partial charge >= 0.3 is 5.97 Å². The summed E-state index contributed by atoms with van der Waals surface area (Å²) in [5.74, 6) is -0.757. The molecular formula is C22H18N2O6. The Labute approximate surface area is 172 Å². The van der Waals surface area contributed by atoms with Gasteiger partial charge in [-0.2, -0.15) is 5.10 Å². The molecule has 0 aliphatic heterocycles. The van der Waals surface area contributed by atoms with Gasteiger partial charge in [0.1, 0.15) is 23.0 Å². The van der Waals surface area contributed by atoms with Crippen LogP contribution in [0.3, 0.4) is 0 Å². The Hall–Kier alpha value is -4.33. The van der Waals surface area contributed by atoms with E-state index in [0.29, 0.717) is 22.6 Å². The fraction of sp³-hybridized carbons (Fsp3) is 0.0455. The van der Waals surface area contributed by atoms with Gasteiger partial charge < -0.3 is 19.7 Å². The summed E-state index contributed by atoms with van der Waals surface area (Å²) in [6.45, 7) is 0. The van der Waals surface area contributed by atoms with Crippen molar-refractivity contribution < 1.29 is 29.3 Å². The molecule has 0 fully saturated rings. The van der Waals surface area contributed by atoms with Crippen LogP contribution in [-0.2, 0) is 0 Å². The first kappa shape index (κ1) is 20.4. The molecule has 0 saturated carbocycles. The highest BCUT2D eigenvalue weighted by Gasteiger charge is 2.11. The number of amides is 1. The van der Waals surface area contributed by atoms with Gasteiger partial charge in [-0.1, -0.05) is 12.1 Å². The van der Waals surface area contributed by atoms with Crippen molar-refractivity contribution in [2.24, 2.45) is 5.10 Å². The molecular weight excluding hydrogens is 388 g/mol. The summed E-state index contributed by atoms with van der Waals surface area (Å²) in [6.07, 6.45) is 1.36. The van der Waals surface area contributed by atoms with Gasteiger partial charge in [0.15, 0.2) is 0 Å².